The fraction of sp³-hybridized carbons (Fsp3) is 0.400. The van der Waals surface area contributed by atoms with Gasteiger partial charge in [0.25, 0.3) is 0 Å². The van der Waals surface area contributed by atoms with Crippen molar-refractivity contribution < 1.29 is 9.13 Å². The van der Waals surface area contributed by atoms with Crippen LogP contribution in [0.4, 0.5) is 4.39 Å². The van der Waals surface area contributed by atoms with E-state index in [0.717, 1.165) is 23.5 Å². The van der Waals surface area contributed by atoms with Crippen molar-refractivity contribution in [1.29, 1.82) is 0 Å². The summed E-state index contributed by atoms with van der Waals surface area (Å²) in [6.07, 6.45) is 0. The molecule has 0 aliphatic carbocycles. The number of aryl methyl sites for hydroxylation is 1. The molecule has 0 spiro atoms. The Kier molecular flexibility index (Phi) is 4.39. The third-order valence-corrected chi connectivity index (χ3v) is 3.43. The van der Waals surface area contributed by atoms with Crippen molar-refractivity contribution in [2.45, 2.75) is 26.9 Å². The van der Waals surface area contributed by atoms with Crippen molar-refractivity contribution in [3.8, 4) is 5.75 Å². The molecule has 0 aliphatic heterocycles. The first-order valence-electron chi connectivity index (χ1n) is 6.56. The van der Waals surface area contributed by atoms with Gasteiger partial charge in [0.2, 0.25) is 0 Å². The molecule has 0 amide bonds. The third kappa shape index (κ3) is 2.82. The van der Waals surface area contributed by atoms with Gasteiger partial charge >= 0.3 is 0 Å². The minimum atomic E-state index is -0.345. The second-order valence-electron chi connectivity index (χ2n) is 4.81. The third-order valence-electron chi connectivity index (χ3n) is 3.43. The fourth-order valence-electron chi connectivity index (χ4n) is 2.30. The number of benzene rings is 1. The molecule has 0 aliphatic rings. The molecule has 20 heavy (non-hydrogen) atoms. The van der Waals surface area contributed by atoms with Gasteiger partial charge < -0.3 is 10.1 Å². The predicted octanol–water partition coefficient (Wildman–Crippen LogP) is 2.42. The number of hydrogen-bond acceptors (Lipinski definition) is 3. The van der Waals surface area contributed by atoms with E-state index in [9.17, 15) is 4.39 Å². The summed E-state index contributed by atoms with van der Waals surface area (Å²) in [6, 6.07) is 4.99. The van der Waals surface area contributed by atoms with Gasteiger partial charge in [-0.15, -0.1) is 0 Å². The largest absolute Gasteiger partial charge is 0.494 e. The van der Waals surface area contributed by atoms with Crippen molar-refractivity contribution in [2.24, 2.45) is 0 Å². The number of halogens is 1. The zero-order chi connectivity index (χ0) is 14.7. The summed E-state index contributed by atoms with van der Waals surface area (Å²) < 4.78 is 20.5. The van der Waals surface area contributed by atoms with E-state index in [2.05, 4.69) is 10.4 Å². The number of nitrogens with zero attached hydrogens (tertiary/aromatic N) is 2. The van der Waals surface area contributed by atoms with Gasteiger partial charge in [0, 0.05) is 17.8 Å². The maximum Gasteiger partial charge on any atom is 0.165 e. The average molecular weight is 277 g/mol. The highest BCUT2D eigenvalue weighted by Crippen LogP contribution is 2.20. The normalized spacial score (nSPS) is 10.8. The molecule has 1 aromatic carbocycles. The van der Waals surface area contributed by atoms with Gasteiger partial charge in [-0.25, -0.2) is 4.39 Å². The van der Waals surface area contributed by atoms with Gasteiger partial charge in [0.15, 0.2) is 11.6 Å². The Hall–Kier alpha value is -1.88. The van der Waals surface area contributed by atoms with Crippen LogP contribution in [0, 0.1) is 19.7 Å². The Labute approximate surface area is 118 Å². The van der Waals surface area contributed by atoms with Gasteiger partial charge in [0.1, 0.15) is 0 Å². The quantitative estimate of drug-likeness (QED) is 0.912. The van der Waals surface area contributed by atoms with E-state index >= 15 is 0 Å². The van der Waals surface area contributed by atoms with Crippen LogP contribution in [0.1, 0.15) is 22.5 Å². The average Bonchev–Trinajstić information content (AvgIpc) is 2.67. The van der Waals surface area contributed by atoms with Crippen molar-refractivity contribution in [2.75, 3.05) is 14.2 Å². The summed E-state index contributed by atoms with van der Waals surface area (Å²) in [5, 5.41) is 7.66. The molecule has 0 radical (unpaired) electrons. The van der Waals surface area contributed by atoms with Gasteiger partial charge in [-0.1, -0.05) is 6.07 Å². The lowest BCUT2D eigenvalue weighted by molar-refractivity contribution is 0.386. The molecule has 108 valence electrons. The van der Waals surface area contributed by atoms with Crippen LogP contribution in [0.2, 0.25) is 0 Å². The van der Waals surface area contributed by atoms with E-state index in [1.54, 1.807) is 6.07 Å². The summed E-state index contributed by atoms with van der Waals surface area (Å²) >= 11 is 0. The molecule has 0 fully saturated rings. The zero-order valence-electron chi connectivity index (χ0n) is 12.3. The van der Waals surface area contributed by atoms with Crippen LogP contribution in [0.25, 0.3) is 0 Å². The minimum Gasteiger partial charge on any atom is -0.494 e. The van der Waals surface area contributed by atoms with Gasteiger partial charge in [-0.2, -0.15) is 5.10 Å². The fourth-order valence-corrected chi connectivity index (χ4v) is 2.30. The highest BCUT2D eigenvalue weighted by atomic mass is 19.1. The number of hydrogen-bond donors (Lipinski definition) is 1. The summed E-state index contributed by atoms with van der Waals surface area (Å²) in [7, 11) is 3.37. The molecule has 0 saturated heterocycles. The highest BCUT2D eigenvalue weighted by molar-refractivity contribution is 5.30. The van der Waals surface area contributed by atoms with Crippen LogP contribution in [-0.2, 0) is 13.1 Å². The first-order valence-corrected chi connectivity index (χ1v) is 6.56. The first kappa shape index (κ1) is 14.5. The van der Waals surface area contributed by atoms with Gasteiger partial charge in [-0.3, -0.25) is 4.68 Å². The van der Waals surface area contributed by atoms with Crippen LogP contribution in [0.5, 0.6) is 5.75 Å². The van der Waals surface area contributed by atoms with Crippen molar-refractivity contribution >= 4 is 0 Å². The maximum atomic E-state index is 13.7. The highest BCUT2D eigenvalue weighted by Gasteiger charge is 2.11. The lowest BCUT2D eigenvalue weighted by Crippen LogP contribution is -2.08. The molecule has 1 aromatic heterocycles. The molecule has 0 saturated carbocycles. The minimum absolute atomic E-state index is 0.262. The molecule has 2 aromatic rings. The Balaban J connectivity index is 2.26. The predicted molar refractivity (Wildman–Crippen MR) is 76.5 cm³/mol. The zero-order valence-corrected chi connectivity index (χ0v) is 12.3. The Morgan fingerprint density at radius 1 is 1.35 bits per heavy atom. The topological polar surface area (TPSA) is 39.1 Å². The van der Waals surface area contributed by atoms with E-state index < -0.39 is 0 Å². The number of nitrogens with one attached hydrogen (secondary N) is 1. The number of methoxy groups -OCH3 is 1. The molecule has 0 unspecified atom stereocenters. The standard InChI is InChI=1S/C15H20FN3O/c1-10-13(8-17-3)11(2)19(18-10)9-12-5-6-15(20-4)14(16)7-12/h5-7,17H,8-9H2,1-4H3. The van der Waals surface area contributed by atoms with Crippen LogP contribution in [0.15, 0.2) is 18.2 Å². The molecule has 0 atom stereocenters. The Morgan fingerprint density at radius 3 is 2.70 bits per heavy atom. The Bertz CT molecular complexity index is 607. The molecule has 4 nitrogen and oxygen atoms in total. The molecular formula is C15H20FN3O. The van der Waals surface area contributed by atoms with E-state index in [4.69, 9.17) is 4.74 Å². The van der Waals surface area contributed by atoms with Crippen LogP contribution < -0.4 is 10.1 Å². The summed E-state index contributed by atoms with van der Waals surface area (Å²) in [5.74, 6) is -0.0834. The van der Waals surface area contributed by atoms with Crippen molar-refractivity contribution in [1.82, 2.24) is 15.1 Å². The van der Waals surface area contributed by atoms with Crippen LogP contribution in [-0.4, -0.2) is 23.9 Å². The van der Waals surface area contributed by atoms with Crippen molar-refractivity contribution in [3.05, 3.63) is 46.5 Å². The summed E-state index contributed by atoms with van der Waals surface area (Å²) in [4.78, 5) is 0. The summed E-state index contributed by atoms with van der Waals surface area (Å²) in [5.41, 5.74) is 4.17. The lowest BCUT2D eigenvalue weighted by Gasteiger charge is -2.08. The van der Waals surface area contributed by atoms with E-state index in [1.807, 2.05) is 31.6 Å². The maximum absolute atomic E-state index is 13.7. The number of rotatable bonds is 5. The molecule has 1 N–H and O–H groups in total. The SMILES string of the molecule is CNCc1c(C)nn(Cc2ccc(OC)c(F)c2)c1C. The van der Waals surface area contributed by atoms with Crippen LogP contribution in [0.3, 0.4) is 0 Å². The first-order chi connectivity index (χ1) is 9.56. The van der Waals surface area contributed by atoms with Gasteiger partial charge in [0.05, 0.1) is 19.3 Å². The van der Waals surface area contributed by atoms with Gasteiger partial charge in [-0.05, 0) is 38.6 Å². The van der Waals surface area contributed by atoms with Crippen molar-refractivity contribution in [3.63, 3.8) is 0 Å². The molecule has 5 heteroatoms. The molecule has 0 bridgehead atoms. The second-order valence-corrected chi connectivity index (χ2v) is 4.81. The number of ether oxygens (including phenoxy) is 1. The molecule has 1 heterocycles. The summed E-state index contributed by atoms with van der Waals surface area (Å²) in [6.45, 7) is 5.36. The van der Waals surface area contributed by atoms with E-state index in [-0.39, 0.29) is 11.6 Å². The van der Waals surface area contributed by atoms with Crippen LogP contribution >= 0.6 is 0 Å². The molecule has 2 rings (SSSR count). The smallest absolute Gasteiger partial charge is 0.165 e. The van der Waals surface area contributed by atoms with E-state index in [1.165, 1.54) is 18.7 Å². The lowest BCUT2D eigenvalue weighted by atomic mass is 10.2. The second kappa shape index (κ2) is 6.05. The molecular weight excluding hydrogens is 257 g/mol. The Morgan fingerprint density at radius 2 is 2.10 bits per heavy atom. The van der Waals surface area contributed by atoms with E-state index in [0.29, 0.717) is 6.54 Å². The monoisotopic (exact) mass is 277 g/mol. The number of aromatic nitrogens is 2.